The number of carbonyl (C=O) groups is 3. The van der Waals surface area contributed by atoms with Crippen molar-refractivity contribution in [3.63, 3.8) is 0 Å². The summed E-state index contributed by atoms with van der Waals surface area (Å²) in [4.78, 5) is 38.4. The standard InChI is InChI=1S/C20H22ClNO8/c1-28-8-9-5-12-16(18(25)22(17(12)24)19(26)29-2)13-7-15(30-20(9,13)27)11-4-3-10(23)6-14(11)21/h3-4,6,9,12-13,15-16,23,27H,5,7-8H2,1-2H3/t9-,12+,13+,15+,16+,20-/m1/s1. The molecule has 30 heavy (non-hydrogen) atoms. The number of imide groups is 3. The number of halogens is 1. The number of hydrogen-bond donors (Lipinski definition) is 2. The van der Waals surface area contributed by atoms with E-state index in [9.17, 15) is 24.6 Å². The third-order valence-electron chi connectivity index (χ3n) is 6.42. The Morgan fingerprint density at radius 3 is 2.67 bits per heavy atom. The van der Waals surface area contributed by atoms with E-state index in [2.05, 4.69) is 4.74 Å². The molecule has 1 saturated carbocycles. The third-order valence-corrected chi connectivity index (χ3v) is 6.75. The maximum atomic E-state index is 13.0. The molecule has 6 atom stereocenters. The van der Waals surface area contributed by atoms with Crippen molar-refractivity contribution in [2.45, 2.75) is 24.7 Å². The first kappa shape index (κ1) is 21.0. The monoisotopic (exact) mass is 439 g/mol. The first-order valence-electron chi connectivity index (χ1n) is 9.56. The van der Waals surface area contributed by atoms with E-state index in [0.717, 1.165) is 7.11 Å². The van der Waals surface area contributed by atoms with Crippen molar-refractivity contribution in [3.8, 4) is 5.75 Å². The largest absolute Gasteiger partial charge is 0.508 e. The number of hydrogen-bond acceptors (Lipinski definition) is 8. The summed E-state index contributed by atoms with van der Waals surface area (Å²) in [5, 5.41) is 21.4. The molecule has 10 heteroatoms. The number of methoxy groups -OCH3 is 2. The zero-order valence-corrected chi connectivity index (χ0v) is 17.2. The molecule has 0 aromatic heterocycles. The van der Waals surface area contributed by atoms with Crippen LogP contribution in [0.3, 0.4) is 0 Å². The summed E-state index contributed by atoms with van der Waals surface area (Å²) < 4.78 is 15.9. The molecule has 1 aromatic rings. The number of phenols is 1. The number of benzene rings is 1. The minimum atomic E-state index is -1.74. The van der Waals surface area contributed by atoms with Gasteiger partial charge in [0, 0.05) is 18.9 Å². The minimum Gasteiger partial charge on any atom is -0.508 e. The van der Waals surface area contributed by atoms with Gasteiger partial charge in [0.1, 0.15) is 5.75 Å². The van der Waals surface area contributed by atoms with E-state index < -0.39 is 53.5 Å². The lowest BCUT2D eigenvalue weighted by Gasteiger charge is -2.44. The molecule has 162 valence electrons. The highest BCUT2D eigenvalue weighted by molar-refractivity contribution is 6.31. The van der Waals surface area contributed by atoms with Gasteiger partial charge in [0.15, 0.2) is 5.79 Å². The fourth-order valence-electron chi connectivity index (χ4n) is 5.12. The van der Waals surface area contributed by atoms with Crippen LogP contribution in [0.2, 0.25) is 5.02 Å². The van der Waals surface area contributed by atoms with Crippen molar-refractivity contribution in [1.29, 1.82) is 0 Å². The smallest absolute Gasteiger partial charge is 0.423 e. The van der Waals surface area contributed by atoms with Gasteiger partial charge in [-0.25, -0.2) is 4.79 Å². The van der Waals surface area contributed by atoms with Crippen molar-refractivity contribution >= 4 is 29.5 Å². The number of phenolic OH excluding ortho intramolecular Hbond substituents is 1. The zero-order chi connectivity index (χ0) is 21.8. The molecule has 0 spiro atoms. The highest BCUT2D eigenvalue weighted by Gasteiger charge is 2.67. The Labute approximate surface area is 177 Å². The fraction of sp³-hybridized carbons (Fsp3) is 0.550. The van der Waals surface area contributed by atoms with Crippen LogP contribution in [-0.2, 0) is 23.8 Å². The number of nitrogens with zero attached hydrogens (tertiary/aromatic N) is 1. The molecule has 2 aliphatic heterocycles. The van der Waals surface area contributed by atoms with Crippen LogP contribution in [-0.4, -0.2) is 59.6 Å². The van der Waals surface area contributed by atoms with E-state index in [-0.39, 0.29) is 30.2 Å². The summed E-state index contributed by atoms with van der Waals surface area (Å²) in [6.45, 7) is 0.103. The normalized spacial score (nSPS) is 35.3. The number of amides is 3. The van der Waals surface area contributed by atoms with Crippen LogP contribution in [0.4, 0.5) is 4.79 Å². The van der Waals surface area contributed by atoms with Crippen LogP contribution in [0.5, 0.6) is 5.75 Å². The van der Waals surface area contributed by atoms with Gasteiger partial charge in [-0.3, -0.25) is 9.59 Å². The molecular formula is C20H22ClNO8. The van der Waals surface area contributed by atoms with E-state index in [1.807, 2.05) is 0 Å². The Hall–Kier alpha value is -2.20. The summed E-state index contributed by atoms with van der Waals surface area (Å²) in [6, 6.07) is 4.41. The van der Waals surface area contributed by atoms with Gasteiger partial charge in [0.2, 0.25) is 11.8 Å². The molecule has 1 aliphatic carbocycles. The van der Waals surface area contributed by atoms with E-state index in [1.165, 1.54) is 19.2 Å². The Morgan fingerprint density at radius 2 is 2.03 bits per heavy atom. The Bertz CT molecular complexity index is 907. The van der Waals surface area contributed by atoms with Crippen molar-refractivity contribution < 1.29 is 38.8 Å². The van der Waals surface area contributed by atoms with Crippen molar-refractivity contribution in [1.82, 2.24) is 4.90 Å². The quantitative estimate of drug-likeness (QED) is 0.684. The van der Waals surface area contributed by atoms with Crippen molar-refractivity contribution in [2.24, 2.45) is 23.7 Å². The highest BCUT2D eigenvalue weighted by Crippen LogP contribution is 2.58. The lowest BCUT2D eigenvalue weighted by atomic mass is 9.64. The SMILES string of the molecule is COC[C@H]1C[C@@H]2C(=O)N(C(=O)OC)C(=O)[C@@H]2[C@@H]2C[C@@H](c3ccc(O)cc3Cl)O[C@]12O. The summed E-state index contributed by atoms with van der Waals surface area (Å²) in [5.41, 5.74) is 0.548. The summed E-state index contributed by atoms with van der Waals surface area (Å²) in [6.07, 6.45) is -1.37. The second kappa shape index (κ2) is 7.49. The number of aliphatic hydroxyl groups is 1. The summed E-state index contributed by atoms with van der Waals surface area (Å²) in [7, 11) is 2.56. The molecule has 0 unspecified atom stereocenters. The molecular weight excluding hydrogens is 418 g/mol. The predicted octanol–water partition coefficient (Wildman–Crippen LogP) is 1.85. The maximum absolute atomic E-state index is 13.0. The number of likely N-dealkylation sites (tertiary alicyclic amines) is 1. The first-order chi connectivity index (χ1) is 14.2. The van der Waals surface area contributed by atoms with Crippen LogP contribution < -0.4 is 0 Å². The van der Waals surface area contributed by atoms with Gasteiger partial charge < -0.3 is 24.4 Å². The summed E-state index contributed by atoms with van der Waals surface area (Å²) in [5.74, 6) is -6.13. The maximum Gasteiger partial charge on any atom is 0.423 e. The molecule has 2 saturated heterocycles. The van der Waals surface area contributed by atoms with Gasteiger partial charge in [-0.05, 0) is 30.5 Å². The third kappa shape index (κ3) is 2.99. The molecule has 2 heterocycles. The molecule has 3 fully saturated rings. The van der Waals surface area contributed by atoms with Crippen LogP contribution in [0.1, 0.15) is 24.5 Å². The van der Waals surface area contributed by atoms with Crippen molar-refractivity contribution in [2.75, 3.05) is 20.8 Å². The molecule has 9 nitrogen and oxygen atoms in total. The van der Waals surface area contributed by atoms with E-state index >= 15 is 0 Å². The minimum absolute atomic E-state index is 0.0134. The summed E-state index contributed by atoms with van der Waals surface area (Å²) >= 11 is 6.26. The van der Waals surface area contributed by atoms with Gasteiger partial charge in [0.05, 0.1) is 36.7 Å². The topological polar surface area (TPSA) is 123 Å². The van der Waals surface area contributed by atoms with Crippen LogP contribution in [0, 0.1) is 23.7 Å². The molecule has 4 rings (SSSR count). The van der Waals surface area contributed by atoms with Gasteiger partial charge in [-0.2, -0.15) is 4.90 Å². The van der Waals surface area contributed by atoms with Gasteiger partial charge in [0.25, 0.3) is 0 Å². The van der Waals surface area contributed by atoms with Crippen LogP contribution >= 0.6 is 11.6 Å². The van der Waals surface area contributed by atoms with Gasteiger partial charge in [-0.15, -0.1) is 0 Å². The average molecular weight is 440 g/mol. The number of ether oxygens (including phenoxy) is 3. The van der Waals surface area contributed by atoms with Crippen LogP contribution in [0.25, 0.3) is 0 Å². The lowest BCUT2D eigenvalue weighted by molar-refractivity contribution is -0.275. The Balaban J connectivity index is 1.73. The van der Waals surface area contributed by atoms with Gasteiger partial charge in [-0.1, -0.05) is 17.7 Å². The van der Waals surface area contributed by atoms with E-state index in [4.69, 9.17) is 21.1 Å². The Morgan fingerprint density at radius 1 is 1.30 bits per heavy atom. The lowest BCUT2D eigenvalue weighted by Crippen LogP contribution is -2.54. The second-order valence-electron chi connectivity index (χ2n) is 7.91. The fourth-order valence-corrected chi connectivity index (χ4v) is 5.41. The molecule has 2 N–H and O–H groups in total. The van der Waals surface area contributed by atoms with Gasteiger partial charge >= 0.3 is 6.09 Å². The molecule has 0 radical (unpaired) electrons. The highest BCUT2D eigenvalue weighted by atomic mass is 35.5. The number of carbonyl (C=O) groups excluding carboxylic acids is 3. The number of rotatable bonds is 3. The molecule has 0 bridgehead atoms. The second-order valence-corrected chi connectivity index (χ2v) is 8.32. The first-order valence-corrected chi connectivity index (χ1v) is 9.94. The van der Waals surface area contributed by atoms with Crippen LogP contribution in [0.15, 0.2) is 18.2 Å². The zero-order valence-electron chi connectivity index (χ0n) is 16.4. The molecule has 3 amide bonds. The average Bonchev–Trinajstić information content (AvgIpc) is 3.16. The molecule has 1 aromatic carbocycles. The van der Waals surface area contributed by atoms with E-state index in [1.54, 1.807) is 6.07 Å². The number of aromatic hydroxyl groups is 1. The molecule has 3 aliphatic rings. The van der Waals surface area contributed by atoms with E-state index in [0.29, 0.717) is 10.5 Å². The van der Waals surface area contributed by atoms with Crippen molar-refractivity contribution in [3.05, 3.63) is 28.8 Å². The Kier molecular flexibility index (Phi) is 5.26. The number of fused-ring (bicyclic) bond motifs is 3. The predicted molar refractivity (Wildman–Crippen MR) is 101 cm³/mol.